The molecule has 0 aliphatic carbocycles. The Labute approximate surface area is 185 Å². The van der Waals surface area contributed by atoms with Gasteiger partial charge in [-0.1, -0.05) is 30.3 Å². The second-order valence-corrected chi connectivity index (χ2v) is 6.88. The summed E-state index contributed by atoms with van der Waals surface area (Å²) >= 11 is 0. The lowest BCUT2D eigenvalue weighted by Gasteiger charge is -2.14. The summed E-state index contributed by atoms with van der Waals surface area (Å²) in [6.07, 6.45) is 1.47. The number of nitrogens with zero attached hydrogens (tertiary/aromatic N) is 2. The van der Waals surface area contributed by atoms with Crippen LogP contribution in [0.25, 0.3) is 0 Å². The summed E-state index contributed by atoms with van der Waals surface area (Å²) in [4.78, 5) is 21.8. The van der Waals surface area contributed by atoms with E-state index in [9.17, 15) is 4.79 Å². The van der Waals surface area contributed by atoms with Gasteiger partial charge in [0.15, 0.2) is 0 Å². The number of rotatable bonds is 7. The SMILES string of the molecule is COc1cccc(Nc2ncc(C(=O)Nc3ccccc3)c(Nc3cccc(N)c3)n2)c1. The average Bonchev–Trinajstić information content (AvgIpc) is 2.80. The van der Waals surface area contributed by atoms with E-state index in [0.29, 0.717) is 34.6 Å². The molecule has 8 nitrogen and oxygen atoms in total. The largest absolute Gasteiger partial charge is 0.497 e. The third-order valence-corrected chi connectivity index (χ3v) is 4.54. The zero-order chi connectivity index (χ0) is 22.3. The van der Waals surface area contributed by atoms with E-state index in [-0.39, 0.29) is 11.5 Å². The molecule has 0 aliphatic rings. The number of anilines is 6. The molecule has 1 aromatic heterocycles. The Morgan fingerprint density at radius 2 is 1.59 bits per heavy atom. The number of nitrogen functional groups attached to an aromatic ring is 1. The second kappa shape index (κ2) is 9.48. The molecule has 0 radical (unpaired) electrons. The summed E-state index contributed by atoms with van der Waals surface area (Å²) in [7, 11) is 1.60. The van der Waals surface area contributed by atoms with E-state index in [1.54, 1.807) is 19.2 Å². The molecular weight excluding hydrogens is 404 g/mol. The summed E-state index contributed by atoms with van der Waals surface area (Å²) < 4.78 is 5.26. The van der Waals surface area contributed by atoms with E-state index in [1.165, 1.54) is 6.20 Å². The molecule has 5 N–H and O–H groups in total. The molecule has 1 amide bonds. The van der Waals surface area contributed by atoms with Crippen molar-refractivity contribution in [2.45, 2.75) is 0 Å². The first-order valence-electron chi connectivity index (χ1n) is 9.88. The van der Waals surface area contributed by atoms with Gasteiger partial charge < -0.3 is 26.4 Å². The van der Waals surface area contributed by atoms with Crippen molar-refractivity contribution < 1.29 is 9.53 Å². The molecule has 0 bridgehead atoms. The van der Waals surface area contributed by atoms with Crippen molar-refractivity contribution in [3.8, 4) is 5.75 Å². The molecule has 4 aromatic rings. The van der Waals surface area contributed by atoms with E-state index in [1.807, 2.05) is 66.7 Å². The van der Waals surface area contributed by atoms with Crippen LogP contribution in [0.1, 0.15) is 10.4 Å². The Kier molecular flexibility index (Phi) is 6.12. The van der Waals surface area contributed by atoms with Gasteiger partial charge in [-0.15, -0.1) is 0 Å². The van der Waals surface area contributed by atoms with Crippen LogP contribution in [0.5, 0.6) is 5.75 Å². The topological polar surface area (TPSA) is 114 Å². The molecule has 0 fully saturated rings. The Morgan fingerprint density at radius 3 is 2.34 bits per heavy atom. The number of para-hydroxylation sites is 1. The molecule has 0 atom stereocenters. The maximum atomic E-state index is 13.0. The lowest BCUT2D eigenvalue weighted by atomic mass is 10.2. The molecule has 8 heteroatoms. The molecule has 0 saturated carbocycles. The Morgan fingerprint density at radius 1 is 0.875 bits per heavy atom. The van der Waals surface area contributed by atoms with Crippen molar-refractivity contribution in [3.05, 3.63) is 90.6 Å². The van der Waals surface area contributed by atoms with Crippen LogP contribution in [-0.2, 0) is 0 Å². The molecule has 0 saturated heterocycles. The highest BCUT2D eigenvalue weighted by Gasteiger charge is 2.16. The molecule has 1 heterocycles. The maximum Gasteiger partial charge on any atom is 0.261 e. The standard InChI is InChI=1S/C24H22N6O2/c1-32-20-12-6-11-19(14-20)29-24-26-15-21(23(31)28-17-8-3-2-4-9-17)22(30-24)27-18-10-5-7-16(25)13-18/h2-15H,25H2,1H3,(H,28,31)(H2,26,27,29,30). The zero-order valence-electron chi connectivity index (χ0n) is 17.4. The van der Waals surface area contributed by atoms with E-state index >= 15 is 0 Å². The predicted octanol–water partition coefficient (Wildman–Crippen LogP) is 4.81. The lowest BCUT2D eigenvalue weighted by molar-refractivity contribution is 0.102. The molecule has 4 rings (SSSR count). The normalized spacial score (nSPS) is 10.3. The van der Waals surface area contributed by atoms with Gasteiger partial charge in [0.25, 0.3) is 5.91 Å². The third kappa shape index (κ3) is 5.11. The predicted molar refractivity (Wildman–Crippen MR) is 127 cm³/mol. The minimum absolute atomic E-state index is 0.285. The molecule has 3 aromatic carbocycles. The monoisotopic (exact) mass is 426 g/mol. The van der Waals surface area contributed by atoms with Gasteiger partial charge in [-0.3, -0.25) is 4.79 Å². The summed E-state index contributed by atoms with van der Waals surface area (Å²) in [5.74, 6) is 1.02. The van der Waals surface area contributed by atoms with Gasteiger partial charge in [-0.05, 0) is 42.5 Å². The van der Waals surface area contributed by atoms with Crippen LogP contribution >= 0.6 is 0 Å². The van der Waals surface area contributed by atoms with E-state index < -0.39 is 0 Å². The highest BCUT2D eigenvalue weighted by Crippen LogP contribution is 2.25. The van der Waals surface area contributed by atoms with Gasteiger partial charge in [0.05, 0.1) is 7.11 Å². The number of nitrogens with one attached hydrogen (secondary N) is 3. The fraction of sp³-hybridized carbons (Fsp3) is 0.0417. The zero-order valence-corrected chi connectivity index (χ0v) is 17.4. The van der Waals surface area contributed by atoms with Crippen molar-refractivity contribution in [1.82, 2.24) is 9.97 Å². The number of nitrogens with two attached hydrogens (primary N) is 1. The Bertz CT molecular complexity index is 1230. The number of methoxy groups -OCH3 is 1. The highest BCUT2D eigenvalue weighted by molar-refractivity contribution is 6.07. The van der Waals surface area contributed by atoms with Crippen molar-refractivity contribution in [2.75, 3.05) is 28.8 Å². The van der Waals surface area contributed by atoms with Crippen molar-refractivity contribution in [3.63, 3.8) is 0 Å². The summed E-state index contributed by atoms with van der Waals surface area (Å²) in [6.45, 7) is 0. The summed E-state index contributed by atoms with van der Waals surface area (Å²) in [5, 5.41) is 9.16. The van der Waals surface area contributed by atoms with Gasteiger partial charge >= 0.3 is 0 Å². The van der Waals surface area contributed by atoms with E-state index in [0.717, 1.165) is 5.69 Å². The minimum atomic E-state index is -0.337. The molecule has 160 valence electrons. The van der Waals surface area contributed by atoms with Gasteiger partial charge in [0.2, 0.25) is 5.95 Å². The fourth-order valence-corrected chi connectivity index (χ4v) is 3.01. The number of benzene rings is 3. The molecule has 0 unspecified atom stereocenters. The third-order valence-electron chi connectivity index (χ3n) is 4.54. The van der Waals surface area contributed by atoms with Crippen LogP contribution in [0.4, 0.5) is 34.5 Å². The Hall–Kier alpha value is -4.59. The van der Waals surface area contributed by atoms with Gasteiger partial charge in [-0.25, -0.2) is 4.98 Å². The van der Waals surface area contributed by atoms with Crippen LogP contribution in [0.15, 0.2) is 85.1 Å². The number of hydrogen-bond donors (Lipinski definition) is 4. The minimum Gasteiger partial charge on any atom is -0.497 e. The average molecular weight is 426 g/mol. The number of amides is 1. The summed E-state index contributed by atoms with van der Waals surface area (Å²) in [5.41, 5.74) is 8.89. The number of ether oxygens (including phenoxy) is 1. The van der Waals surface area contributed by atoms with Crippen LogP contribution in [-0.4, -0.2) is 23.0 Å². The number of hydrogen-bond acceptors (Lipinski definition) is 7. The van der Waals surface area contributed by atoms with Crippen LogP contribution in [0.3, 0.4) is 0 Å². The van der Waals surface area contributed by atoms with Crippen LogP contribution in [0.2, 0.25) is 0 Å². The van der Waals surface area contributed by atoms with Crippen molar-refractivity contribution in [2.24, 2.45) is 0 Å². The van der Waals surface area contributed by atoms with Gasteiger partial charge in [0.1, 0.15) is 17.1 Å². The molecule has 0 aliphatic heterocycles. The molecular formula is C24H22N6O2. The van der Waals surface area contributed by atoms with Gasteiger partial charge in [-0.2, -0.15) is 4.98 Å². The first-order chi connectivity index (χ1) is 15.6. The quantitative estimate of drug-likeness (QED) is 0.314. The Balaban J connectivity index is 1.65. The number of aromatic nitrogens is 2. The second-order valence-electron chi connectivity index (χ2n) is 6.88. The lowest BCUT2D eigenvalue weighted by Crippen LogP contribution is -2.16. The highest BCUT2D eigenvalue weighted by atomic mass is 16.5. The summed E-state index contributed by atoms with van der Waals surface area (Å²) in [6, 6.07) is 23.8. The maximum absolute atomic E-state index is 13.0. The number of carbonyl (C=O) groups is 1. The van der Waals surface area contributed by atoms with Crippen LogP contribution < -0.4 is 26.4 Å². The van der Waals surface area contributed by atoms with Crippen LogP contribution in [0, 0.1) is 0 Å². The van der Waals surface area contributed by atoms with Crippen molar-refractivity contribution in [1.29, 1.82) is 0 Å². The van der Waals surface area contributed by atoms with E-state index in [2.05, 4.69) is 25.9 Å². The molecule has 32 heavy (non-hydrogen) atoms. The first kappa shape index (κ1) is 20.7. The molecule has 0 spiro atoms. The van der Waals surface area contributed by atoms with Gasteiger partial charge in [0, 0.05) is 35.0 Å². The van der Waals surface area contributed by atoms with E-state index in [4.69, 9.17) is 10.5 Å². The number of carbonyl (C=O) groups excluding carboxylic acids is 1. The smallest absolute Gasteiger partial charge is 0.261 e. The first-order valence-corrected chi connectivity index (χ1v) is 9.88. The fourth-order valence-electron chi connectivity index (χ4n) is 3.01. The van der Waals surface area contributed by atoms with Crippen molar-refractivity contribution >= 4 is 40.4 Å².